The third kappa shape index (κ3) is 3.89. The van der Waals surface area contributed by atoms with Crippen LogP contribution in [-0.4, -0.2) is 16.8 Å². The maximum Gasteiger partial charge on any atom is 0.267 e. The zero-order valence-corrected chi connectivity index (χ0v) is 14.1. The van der Waals surface area contributed by atoms with Crippen LogP contribution in [0.4, 0.5) is 15.2 Å². The Kier molecular flexibility index (Phi) is 4.85. The molecule has 5 nitrogen and oxygen atoms in total. The van der Waals surface area contributed by atoms with E-state index in [4.69, 9.17) is 0 Å². The topological polar surface area (TPSA) is 71.1 Å². The van der Waals surface area contributed by atoms with Crippen LogP contribution in [0.25, 0.3) is 0 Å². The van der Waals surface area contributed by atoms with E-state index in [9.17, 15) is 14.0 Å². The molecule has 1 heterocycles. The molecule has 2 aromatic carbocycles. The van der Waals surface area contributed by atoms with Crippen LogP contribution in [0.3, 0.4) is 0 Å². The summed E-state index contributed by atoms with van der Waals surface area (Å²) in [4.78, 5) is 29.0. The zero-order chi connectivity index (χ0) is 17.8. The van der Waals surface area contributed by atoms with Crippen LogP contribution in [-0.2, 0) is 0 Å². The van der Waals surface area contributed by atoms with Gasteiger partial charge in [-0.1, -0.05) is 41.7 Å². The molecular formula is C18H14FN3O2S. The van der Waals surface area contributed by atoms with Gasteiger partial charge in [0.2, 0.25) is 0 Å². The Morgan fingerprint density at radius 1 is 0.960 bits per heavy atom. The molecule has 0 spiro atoms. The lowest BCUT2D eigenvalue weighted by atomic mass is 10.2. The number of anilines is 2. The highest BCUT2D eigenvalue weighted by Crippen LogP contribution is 2.24. The summed E-state index contributed by atoms with van der Waals surface area (Å²) in [7, 11) is 0. The van der Waals surface area contributed by atoms with Crippen LogP contribution in [0.1, 0.15) is 25.7 Å². The Balaban J connectivity index is 1.75. The number of amides is 2. The van der Waals surface area contributed by atoms with Crippen molar-refractivity contribution in [3.8, 4) is 0 Å². The zero-order valence-electron chi connectivity index (χ0n) is 13.2. The molecule has 0 aliphatic heterocycles. The number of aryl methyl sites for hydroxylation is 1. The molecule has 2 amide bonds. The van der Waals surface area contributed by atoms with Gasteiger partial charge < -0.3 is 5.32 Å². The van der Waals surface area contributed by atoms with Crippen molar-refractivity contribution in [2.75, 3.05) is 10.6 Å². The van der Waals surface area contributed by atoms with Gasteiger partial charge in [-0.05, 0) is 31.2 Å². The summed E-state index contributed by atoms with van der Waals surface area (Å²) in [6.45, 7) is 1.68. The number of nitrogens with one attached hydrogen (secondary N) is 2. The third-order valence-electron chi connectivity index (χ3n) is 3.37. The molecule has 0 saturated heterocycles. The molecule has 0 radical (unpaired) electrons. The van der Waals surface area contributed by atoms with Gasteiger partial charge in [0.25, 0.3) is 11.8 Å². The van der Waals surface area contributed by atoms with E-state index in [2.05, 4.69) is 15.6 Å². The molecule has 0 bridgehead atoms. The van der Waals surface area contributed by atoms with Crippen molar-refractivity contribution in [3.63, 3.8) is 0 Å². The van der Waals surface area contributed by atoms with Gasteiger partial charge >= 0.3 is 0 Å². The molecule has 7 heteroatoms. The molecule has 3 rings (SSSR count). The monoisotopic (exact) mass is 355 g/mol. The van der Waals surface area contributed by atoms with Crippen molar-refractivity contribution in [1.82, 2.24) is 4.98 Å². The van der Waals surface area contributed by atoms with E-state index in [0.29, 0.717) is 16.3 Å². The number of hydrogen-bond donors (Lipinski definition) is 2. The van der Waals surface area contributed by atoms with E-state index >= 15 is 0 Å². The van der Waals surface area contributed by atoms with Gasteiger partial charge in [-0.25, -0.2) is 9.37 Å². The first-order chi connectivity index (χ1) is 12.0. The first-order valence-corrected chi connectivity index (χ1v) is 8.26. The first-order valence-electron chi connectivity index (χ1n) is 7.44. The fourth-order valence-electron chi connectivity index (χ4n) is 2.18. The Labute approximate surface area is 147 Å². The minimum Gasteiger partial charge on any atom is -0.321 e. The Bertz CT molecular complexity index is 925. The second-order valence-corrected chi connectivity index (χ2v) is 6.19. The van der Waals surface area contributed by atoms with Gasteiger partial charge in [0.05, 0.1) is 11.3 Å². The number of aromatic nitrogens is 1. The van der Waals surface area contributed by atoms with Crippen LogP contribution in [0.5, 0.6) is 0 Å². The lowest BCUT2D eigenvalue weighted by Gasteiger charge is -2.03. The van der Waals surface area contributed by atoms with E-state index in [-0.39, 0.29) is 16.6 Å². The number of nitrogens with zero attached hydrogens (tertiary/aromatic N) is 1. The van der Waals surface area contributed by atoms with E-state index < -0.39 is 11.7 Å². The Hall–Kier alpha value is -3.06. The molecule has 1 aromatic heterocycles. The smallest absolute Gasteiger partial charge is 0.267 e. The third-order valence-corrected chi connectivity index (χ3v) is 4.45. The lowest BCUT2D eigenvalue weighted by Crippen LogP contribution is -2.13. The van der Waals surface area contributed by atoms with Crippen molar-refractivity contribution >= 4 is 34.0 Å². The minimum absolute atomic E-state index is 0.0781. The SMILES string of the molecule is Cc1nc(NC(=O)c2ccccc2F)sc1C(=O)Nc1ccccc1. The van der Waals surface area contributed by atoms with Crippen molar-refractivity contribution < 1.29 is 14.0 Å². The van der Waals surface area contributed by atoms with E-state index in [0.717, 1.165) is 11.3 Å². The van der Waals surface area contributed by atoms with Gasteiger partial charge in [-0.15, -0.1) is 0 Å². The quantitative estimate of drug-likeness (QED) is 0.740. The second-order valence-electron chi connectivity index (χ2n) is 5.19. The molecule has 0 saturated carbocycles. The van der Waals surface area contributed by atoms with Crippen LogP contribution < -0.4 is 10.6 Å². The number of thiazole rings is 1. The first kappa shape index (κ1) is 16.8. The fourth-order valence-corrected chi connectivity index (χ4v) is 3.04. The molecule has 0 aliphatic rings. The fraction of sp³-hybridized carbons (Fsp3) is 0.0556. The van der Waals surface area contributed by atoms with Gasteiger partial charge in [-0.3, -0.25) is 14.9 Å². The molecule has 3 aromatic rings. The lowest BCUT2D eigenvalue weighted by molar-refractivity contribution is 0.101. The summed E-state index contributed by atoms with van der Waals surface area (Å²) < 4.78 is 13.7. The number of hydrogen-bond acceptors (Lipinski definition) is 4. The van der Waals surface area contributed by atoms with Gasteiger partial charge in [0, 0.05) is 5.69 Å². The van der Waals surface area contributed by atoms with Crippen LogP contribution >= 0.6 is 11.3 Å². The highest BCUT2D eigenvalue weighted by atomic mass is 32.1. The van der Waals surface area contributed by atoms with Gasteiger partial charge in [0.15, 0.2) is 5.13 Å². The molecule has 0 aliphatic carbocycles. The summed E-state index contributed by atoms with van der Waals surface area (Å²) in [5.41, 5.74) is 1.07. The molecule has 0 atom stereocenters. The Morgan fingerprint density at radius 2 is 1.64 bits per heavy atom. The summed E-state index contributed by atoms with van der Waals surface area (Å²) in [5, 5.41) is 5.53. The summed E-state index contributed by atoms with van der Waals surface area (Å²) >= 11 is 1.04. The number of halogens is 1. The Morgan fingerprint density at radius 3 is 2.36 bits per heavy atom. The molecule has 0 fully saturated rings. The highest BCUT2D eigenvalue weighted by molar-refractivity contribution is 7.17. The van der Waals surface area contributed by atoms with Crippen molar-refractivity contribution in [2.45, 2.75) is 6.92 Å². The number of carbonyl (C=O) groups is 2. The summed E-state index contributed by atoms with van der Waals surface area (Å²) in [6.07, 6.45) is 0. The average Bonchev–Trinajstić information content (AvgIpc) is 2.96. The van der Waals surface area contributed by atoms with Crippen LogP contribution in [0.2, 0.25) is 0 Å². The normalized spacial score (nSPS) is 10.3. The standard InChI is InChI=1S/C18H14FN3O2S/c1-11-15(17(24)21-12-7-3-2-4-8-12)25-18(20-11)22-16(23)13-9-5-6-10-14(13)19/h2-10H,1H3,(H,21,24)(H,20,22,23). The van der Waals surface area contributed by atoms with Crippen molar-refractivity contribution in [1.29, 1.82) is 0 Å². The molecule has 2 N–H and O–H groups in total. The van der Waals surface area contributed by atoms with E-state index in [1.807, 2.05) is 18.2 Å². The van der Waals surface area contributed by atoms with Gasteiger partial charge in [0.1, 0.15) is 10.7 Å². The number of para-hydroxylation sites is 1. The van der Waals surface area contributed by atoms with Crippen molar-refractivity contribution in [2.24, 2.45) is 0 Å². The highest BCUT2D eigenvalue weighted by Gasteiger charge is 2.18. The predicted molar refractivity (Wildman–Crippen MR) is 95.6 cm³/mol. The maximum absolute atomic E-state index is 13.7. The molecular weight excluding hydrogens is 341 g/mol. The molecule has 126 valence electrons. The second kappa shape index (κ2) is 7.23. The number of benzene rings is 2. The van der Waals surface area contributed by atoms with E-state index in [1.54, 1.807) is 25.1 Å². The maximum atomic E-state index is 13.7. The average molecular weight is 355 g/mol. The molecule has 0 unspecified atom stereocenters. The number of rotatable bonds is 4. The van der Waals surface area contributed by atoms with Crippen LogP contribution in [0.15, 0.2) is 54.6 Å². The largest absolute Gasteiger partial charge is 0.321 e. The molecule has 25 heavy (non-hydrogen) atoms. The summed E-state index contributed by atoms with van der Waals surface area (Å²) in [5.74, 6) is -1.54. The van der Waals surface area contributed by atoms with Crippen LogP contribution in [0, 0.1) is 12.7 Å². The number of carbonyl (C=O) groups excluding carboxylic acids is 2. The predicted octanol–water partition coefficient (Wildman–Crippen LogP) is 4.10. The van der Waals surface area contributed by atoms with E-state index in [1.165, 1.54) is 18.2 Å². The van der Waals surface area contributed by atoms with Gasteiger partial charge in [-0.2, -0.15) is 0 Å². The minimum atomic E-state index is -0.615. The van der Waals surface area contributed by atoms with Crippen molar-refractivity contribution in [3.05, 3.63) is 76.5 Å². The summed E-state index contributed by atoms with van der Waals surface area (Å²) in [6, 6.07) is 14.7.